The highest BCUT2D eigenvalue weighted by atomic mass is 79.9. The van der Waals surface area contributed by atoms with Crippen LogP contribution in [-0.2, 0) is 0 Å². The molecule has 0 bridgehead atoms. The van der Waals surface area contributed by atoms with Crippen LogP contribution in [0.4, 0.5) is 0 Å². The summed E-state index contributed by atoms with van der Waals surface area (Å²) in [4.78, 5) is 14.8. The van der Waals surface area contributed by atoms with E-state index in [-0.39, 0.29) is 5.91 Å². The average molecular weight is 383 g/mol. The first-order chi connectivity index (χ1) is 10.7. The fourth-order valence-electron chi connectivity index (χ4n) is 3.30. The summed E-state index contributed by atoms with van der Waals surface area (Å²) in [5.41, 5.74) is 0.731. The van der Waals surface area contributed by atoms with Crippen molar-refractivity contribution in [3.05, 3.63) is 34.3 Å². The lowest BCUT2D eigenvalue weighted by molar-refractivity contribution is 0.0928. The van der Waals surface area contributed by atoms with Crippen LogP contribution in [0.5, 0.6) is 0 Å². The van der Waals surface area contributed by atoms with Gasteiger partial charge in [-0.2, -0.15) is 11.8 Å². The third-order valence-corrected chi connectivity index (χ3v) is 6.35. The molecule has 2 fully saturated rings. The van der Waals surface area contributed by atoms with Gasteiger partial charge in [0.15, 0.2) is 0 Å². The standard InChI is InChI=1S/C17H23BrN2OS/c18-15-3-1-2-14(10-15)17(21)19-11-13-4-7-20(8-5-13)16-6-9-22-12-16/h1-3,10,13,16H,4-9,11-12H2,(H,19,21). The van der Waals surface area contributed by atoms with Gasteiger partial charge in [0.1, 0.15) is 0 Å². The Morgan fingerprint density at radius 2 is 2.14 bits per heavy atom. The van der Waals surface area contributed by atoms with Crippen LogP contribution in [0.3, 0.4) is 0 Å². The topological polar surface area (TPSA) is 32.3 Å². The maximum atomic E-state index is 12.2. The Hall–Kier alpha value is -0.520. The fourth-order valence-corrected chi connectivity index (χ4v) is 4.96. The Balaban J connectivity index is 1.42. The van der Waals surface area contributed by atoms with Crippen molar-refractivity contribution in [1.29, 1.82) is 0 Å². The van der Waals surface area contributed by atoms with Gasteiger partial charge in [-0.1, -0.05) is 22.0 Å². The second-order valence-corrected chi connectivity index (χ2v) is 8.28. The van der Waals surface area contributed by atoms with E-state index in [0.29, 0.717) is 5.92 Å². The van der Waals surface area contributed by atoms with Crippen LogP contribution >= 0.6 is 27.7 Å². The summed E-state index contributed by atoms with van der Waals surface area (Å²) in [5.74, 6) is 3.30. The van der Waals surface area contributed by atoms with Crippen LogP contribution in [0.1, 0.15) is 29.6 Å². The zero-order valence-electron chi connectivity index (χ0n) is 12.8. The van der Waals surface area contributed by atoms with Crippen LogP contribution in [0, 0.1) is 5.92 Å². The predicted molar refractivity (Wildman–Crippen MR) is 96.5 cm³/mol. The van der Waals surface area contributed by atoms with Crippen molar-refractivity contribution in [2.75, 3.05) is 31.1 Å². The van der Waals surface area contributed by atoms with Crippen molar-refractivity contribution >= 4 is 33.6 Å². The Morgan fingerprint density at radius 3 is 2.82 bits per heavy atom. The molecule has 0 radical (unpaired) electrons. The van der Waals surface area contributed by atoms with Crippen molar-refractivity contribution in [3.63, 3.8) is 0 Å². The fraction of sp³-hybridized carbons (Fsp3) is 0.588. The first kappa shape index (κ1) is 16.3. The largest absolute Gasteiger partial charge is 0.352 e. The van der Waals surface area contributed by atoms with Crippen LogP contribution in [0.15, 0.2) is 28.7 Å². The molecule has 1 unspecified atom stereocenters. The first-order valence-electron chi connectivity index (χ1n) is 8.08. The Labute approximate surface area is 145 Å². The zero-order valence-corrected chi connectivity index (χ0v) is 15.2. The van der Waals surface area contributed by atoms with Gasteiger partial charge in [0.2, 0.25) is 0 Å². The third-order valence-electron chi connectivity index (χ3n) is 4.71. The van der Waals surface area contributed by atoms with E-state index in [4.69, 9.17) is 0 Å². The van der Waals surface area contributed by atoms with E-state index >= 15 is 0 Å². The molecular weight excluding hydrogens is 360 g/mol. The molecule has 0 saturated carbocycles. The third kappa shape index (κ3) is 4.27. The number of amides is 1. The van der Waals surface area contributed by atoms with Gasteiger partial charge >= 0.3 is 0 Å². The molecule has 0 aromatic heterocycles. The number of hydrogen-bond donors (Lipinski definition) is 1. The van der Waals surface area contributed by atoms with E-state index in [9.17, 15) is 4.79 Å². The van der Waals surface area contributed by atoms with Gasteiger partial charge in [-0.25, -0.2) is 0 Å². The highest BCUT2D eigenvalue weighted by molar-refractivity contribution is 9.10. The Morgan fingerprint density at radius 1 is 1.32 bits per heavy atom. The monoisotopic (exact) mass is 382 g/mol. The number of thioether (sulfide) groups is 1. The van der Waals surface area contributed by atoms with Crippen LogP contribution in [0.2, 0.25) is 0 Å². The summed E-state index contributed by atoms with van der Waals surface area (Å²) in [6.07, 6.45) is 3.77. The summed E-state index contributed by atoms with van der Waals surface area (Å²) in [7, 11) is 0. The van der Waals surface area contributed by atoms with Gasteiger partial charge in [-0.15, -0.1) is 0 Å². The van der Waals surface area contributed by atoms with Gasteiger partial charge < -0.3 is 5.32 Å². The number of hydrogen-bond acceptors (Lipinski definition) is 3. The summed E-state index contributed by atoms with van der Waals surface area (Å²) >= 11 is 5.50. The molecule has 2 heterocycles. The minimum atomic E-state index is 0.0379. The number of rotatable bonds is 4. The summed E-state index contributed by atoms with van der Waals surface area (Å²) in [5, 5.41) is 3.10. The molecule has 1 N–H and O–H groups in total. The van der Waals surface area contributed by atoms with E-state index in [1.54, 1.807) is 0 Å². The van der Waals surface area contributed by atoms with Crippen molar-refractivity contribution in [1.82, 2.24) is 10.2 Å². The molecule has 0 aliphatic carbocycles. The average Bonchev–Trinajstić information content (AvgIpc) is 3.07. The number of piperidine rings is 1. The summed E-state index contributed by atoms with van der Waals surface area (Å²) in [6.45, 7) is 3.20. The smallest absolute Gasteiger partial charge is 0.251 e. The molecule has 3 nitrogen and oxygen atoms in total. The first-order valence-corrected chi connectivity index (χ1v) is 10.0. The lowest BCUT2D eigenvalue weighted by atomic mass is 9.95. The molecule has 3 rings (SSSR count). The van der Waals surface area contributed by atoms with E-state index in [1.165, 1.54) is 43.9 Å². The van der Waals surface area contributed by atoms with Gasteiger partial charge in [0.05, 0.1) is 0 Å². The number of nitrogens with one attached hydrogen (secondary N) is 1. The van der Waals surface area contributed by atoms with E-state index in [2.05, 4.69) is 37.9 Å². The number of benzene rings is 1. The van der Waals surface area contributed by atoms with Crippen LogP contribution in [0.25, 0.3) is 0 Å². The Kier molecular flexibility index (Phi) is 5.83. The van der Waals surface area contributed by atoms with Gasteiger partial charge in [0, 0.05) is 28.4 Å². The maximum absolute atomic E-state index is 12.2. The summed E-state index contributed by atoms with van der Waals surface area (Å²) < 4.78 is 0.947. The number of carbonyl (C=O) groups is 1. The van der Waals surface area contributed by atoms with Crippen LogP contribution < -0.4 is 5.32 Å². The molecular formula is C17H23BrN2OS. The molecule has 1 aromatic rings. The lowest BCUT2D eigenvalue weighted by Gasteiger charge is -2.35. The maximum Gasteiger partial charge on any atom is 0.251 e. The van der Waals surface area contributed by atoms with E-state index in [0.717, 1.165) is 22.6 Å². The second-order valence-electron chi connectivity index (χ2n) is 6.22. The molecule has 1 atom stereocenters. The summed E-state index contributed by atoms with van der Waals surface area (Å²) in [6, 6.07) is 8.38. The second kappa shape index (κ2) is 7.84. The SMILES string of the molecule is O=C(NCC1CCN(C2CCSC2)CC1)c1cccc(Br)c1. The molecule has 5 heteroatoms. The Bertz CT molecular complexity index is 511. The van der Waals surface area contributed by atoms with E-state index in [1.807, 2.05) is 24.3 Å². The van der Waals surface area contributed by atoms with Crippen molar-refractivity contribution in [2.45, 2.75) is 25.3 Å². The van der Waals surface area contributed by atoms with E-state index < -0.39 is 0 Å². The highest BCUT2D eigenvalue weighted by Gasteiger charge is 2.27. The molecule has 2 aliphatic rings. The number of likely N-dealkylation sites (tertiary alicyclic amines) is 1. The molecule has 120 valence electrons. The van der Waals surface area contributed by atoms with Crippen molar-refractivity contribution in [2.24, 2.45) is 5.92 Å². The highest BCUT2D eigenvalue weighted by Crippen LogP contribution is 2.26. The molecule has 0 spiro atoms. The number of nitrogens with zero attached hydrogens (tertiary/aromatic N) is 1. The lowest BCUT2D eigenvalue weighted by Crippen LogP contribution is -2.43. The minimum absolute atomic E-state index is 0.0379. The number of carbonyl (C=O) groups excluding carboxylic acids is 1. The minimum Gasteiger partial charge on any atom is -0.352 e. The number of halogens is 1. The van der Waals surface area contributed by atoms with Gasteiger partial charge in [-0.05, 0) is 62.2 Å². The van der Waals surface area contributed by atoms with Crippen molar-refractivity contribution in [3.8, 4) is 0 Å². The molecule has 2 saturated heterocycles. The van der Waals surface area contributed by atoms with Gasteiger partial charge in [0.25, 0.3) is 5.91 Å². The molecule has 2 aliphatic heterocycles. The van der Waals surface area contributed by atoms with Gasteiger partial charge in [-0.3, -0.25) is 9.69 Å². The van der Waals surface area contributed by atoms with Crippen LogP contribution in [-0.4, -0.2) is 48.0 Å². The molecule has 22 heavy (non-hydrogen) atoms. The quantitative estimate of drug-likeness (QED) is 0.865. The zero-order chi connectivity index (χ0) is 15.4. The molecule has 1 aromatic carbocycles. The predicted octanol–water partition coefficient (Wildman–Crippen LogP) is 3.40. The van der Waals surface area contributed by atoms with Crippen molar-refractivity contribution < 1.29 is 4.79 Å². The molecule has 1 amide bonds. The normalized spacial score (nSPS) is 23.6.